The zero-order valence-corrected chi connectivity index (χ0v) is 18.8. The molecule has 1 aliphatic heterocycles. The van der Waals surface area contributed by atoms with Gasteiger partial charge >= 0.3 is 0 Å². The molecule has 3 heterocycles. The number of nitrogens with zero attached hydrogens (tertiary/aromatic N) is 6. The standard InChI is InChI=1S/C22H24F3N7O2/c1-10(33)6-31-7-13(8-31)15-17(23)12(5-26)4-14(19(15)34-3)11(2)32-22-16(18(30-32)20(24)25)21(27)28-9-29-22/h4,9-11,13,20,33H,6-8H2,1-3H3,(H2,27,28,29)/t10-,11?/m1/s1. The predicted octanol–water partition coefficient (Wildman–Crippen LogP) is 2.75. The molecule has 0 radical (unpaired) electrons. The summed E-state index contributed by atoms with van der Waals surface area (Å²) in [6.07, 6.45) is -2.29. The molecule has 0 spiro atoms. The van der Waals surface area contributed by atoms with Gasteiger partial charge in [0.05, 0.1) is 30.2 Å². The highest BCUT2D eigenvalue weighted by Crippen LogP contribution is 2.42. The van der Waals surface area contributed by atoms with E-state index in [-0.39, 0.29) is 39.6 Å². The molecule has 4 rings (SSSR count). The number of aliphatic hydroxyl groups excluding tert-OH is 1. The van der Waals surface area contributed by atoms with Crippen LogP contribution in [-0.4, -0.2) is 62.6 Å². The number of β-amino-alcohol motifs (C(OH)–C–C–N with tert-alkyl or cyclic N) is 1. The van der Waals surface area contributed by atoms with E-state index in [1.807, 2.05) is 11.0 Å². The third-order valence-corrected chi connectivity index (χ3v) is 6.06. The second-order valence-corrected chi connectivity index (χ2v) is 8.41. The Labute approximate surface area is 193 Å². The van der Waals surface area contributed by atoms with Gasteiger partial charge in [-0.1, -0.05) is 0 Å². The van der Waals surface area contributed by atoms with Crippen molar-refractivity contribution in [2.24, 2.45) is 0 Å². The van der Waals surface area contributed by atoms with Crippen LogP contribution in [0.3, 0.4) is 0 Å². The maximum absolute atomic E-state index is 15.3. The monoisotopic (exact) mass is 475 g/mol. The van der Waals surface area contributed by atoms with Gasteiger partial charge in [0.1, 0.15) is 35.5 Å². The summed E-state index contributed by atoms with van der Waals surface area (Å²) in [7, 11) is 1.39. The molecule has 1 unspecified atom stereocenters. The molecular formula is C22H24F3N7O2. The van der Waals surface area contributed by atoms with Crippen molar-refractivity contribution in [2.45, 2.75) is 38.3 Å². The molecule has 3 aromatic rings. The van der Waals surface area contributed by atoms with Gasteiger partial charge in [-0.3, -0.25) is 4.90 Å². The first-order valence-electron chi connectivity index (χ1n) is 10.6. The highest BCUT2D eigenvalue weighted by atomic mass is 19.3. The number of fused-ring (bicyclic) bond motifs is 1. The van der Waals surface area contributed by atoms with Gasteiger partial charge in [-0.05, 0) is 19.9 Å². The van der Waals surface area contributed by atoms with Crippen LogP contribution in [0, 0.1) is 17.1 Å². The van der Waals surface area contributed by atoms with Gasteiger partial charge in [-0.15, -0.1) is 0 Å². The third-order valence-electron chi connectivity index (χ3n) is 6.06. The van der Waals surface area contributed by atoms with E-state index in [0.717, 1.165) is 6.33 Å². The highest BCUT2D eigenvalue weighted by molar-refractivity contribution is 5.88. The summed E-state index contributed by atoms with van der Waals surface area (Å²) in [5.41, 5.74) is 5.81. The first-order valence-corrected chi connectivity index (χ1v) is 10.6. The number of rotatable bonds is 7. The van der Waals surface area contributed by atoms with Gasteiger partial charge < -0.3 is 15.6 Å². The van der Waals surface area contributed by atoms with Crippen LogP contribution in [0.2, 0.25) is 0 Å². The first kappa shape index (κ1) is 23.7. The Balaban J connectivity index is 1.84. The van der Waals surface area contributed by atoms with E-state index < -0.39 is 30.1 Å². The zero-order valence-electron chi connectivity index (χ0n) is 18.8. The number of aliphatic hydroxyl groups is 1. The normalized spacial score (nSPS) is 16.4. The van der Waals surface area contributed by atoms with Crippen LogP contribution in [0.25, 0.3) is 11.0 Å². The van der Waals surface area contributed by atoms with Crippen LogP contribution in [0.4, 0.5) is 19.0 Å². The first-order chi connectivity index (χ1) is 16.2. The second-order valence-electron chi connectivity index (χ2n) is 8.41. The van der Waals surface area contributed by atoms with Crippen molar-refractivity contribution in [3.8, 4) is 11.8 Å². The Bertz CT molecular complexity index is 1270. The fourth-order valence-electron chi connectivity index (χ4n) is 4.52. The van der Waals surface area contributed by atoms with E-state index in [9.17, 15) is 19.1 Å². The Morgan fingerprint density at radius 3 is 2.62 bits per heavy atom. The Hall–Kier alpha value is -3.43. The number of benzene rings is 1. The molecule has 2 atom stereocenters. The summed E-state index contributed by atoms with van der Waals surface area (Å²) in [5, 5.41) is 23.2. The van der Waals surface area contributed by atoms with Crippen LogP contribution in [0.15, 0.2) is 12.4 Å². The summed E-state index contributed by atoms with van der Waals surface area (Å²) >= 11 is 0. The zero-order chi connectivity index (χ0) is 24.7. The number of nitrogen functional groups attached to an aromatic ring is 1. The van der Waals surface area contributed by atoms with Crippen LogP contribution >= 0.6 is 0 Å². The number of methoxy groups -OCH3 is 1. The second kappa shape index (κ2) is 9.08. The minimum Gasteiger partial charge on any atom is -0.496 e. The van der Waals surface area contributed by atoms with Crippen LogP contribution in [0.1, 0.15) is 54.6 Å². The van der Waals surface area contributed by atoms with E-state index in [1.165, 1.54) is 17.9 Å². The van der Waals surface area contributed by atoms with Crippen molar-refractivity contribution in [2.75, 3.05) is 32.5 Å². The molecule has 0 bridgehead atoms. The highest BCUT2D eigenvalue weighted by Gasteiger charge is 2.36. The maximum Gasteiger partial charge on any atom is 0.282 e. The van der Waals surface area contributed by atoms with Gasteiger partial charge in [0.15, 0.2) is 5.65 Å². The number of hydrogen-bond donors (Lipinski definition) is 2. The smallest absolute Gasteiger partial charge is 0.282 e. The van der Waals surface area contributed by atoms with E-state index in [1.54, 1.807) is 13.8 Å². The molecule has 0 amide bonds. The van der Waals surface area contributed by atoms with E-state index in [4.69, 9.17) is 10.5 Å². The van der Waals surface area contributed by atoms with Crippen LogP contribution in [-0.2, 0) is 0 Å². The Morgan fingerprint density at radius 2 is 2.03 bits per heavy atom. The molecule has 34 heavy (non-hydrogen) atoms. The average Bonchev–Trinajstić information content (AvgIpc) is 3.16. The summed E-state index contributed by atoms with van der Waals surface area (Å²) in [6.45, 7) is 4.73. The van der Waals surface area contributed by atoms with Crippen molar-refractivity contribution in [1.82, 2.24) is 24.6 Å². The molecule has 0 saturated carbocycles. The summed E-state index contributed by atoms with van der Waals surface area (Å²) in [6, 6.07) is 2.46. The number of alkyl halides is 2. The van der Waals surface area contributed by atoms with E-state index in [0.29, 0.717) is 25.2 Å². The van der Waals surface area contributed by atoms with E-state index in [2.05, 4.69) is 15.1 Å². The van der Waals surface area contributed by atoms with E-state index >= 15 is 4.39 Å². The van der Waals surface area contributed by atoms with Crippen molar-refractivity contribution >= 4 is 16.9 Å². The van der Waals surface area contributed by atoms with Crippen molar-refractivity contribution in [3.63, 3.8) is 0 Å². The van der Waals surface area contributed by atoms with Crippen LogP contribution in [0.5, 0.6) is 5.75 Å². The van der Waals surface area contributed by atoms with Crippen molar-refractivity contribution in [1.29, 1.82) is 5.26 Å². The number of ether oxygens (including phenoxy) is 1. The summed E-state index contributed by atoms with van der Waals surface area (Å²) in [4.78, 5) is 9.85. The molecule has 9 nitrogen and oxygen atoms in total. The number of hydrogen-bond acceptors (Lipinski definition) is 8. The lowest BCUT2D eigenvalue weighted by Crippen LogP contribution is -2.48. The van der Waals surface area contributed by atoms with Crippen LogP contribution < -0.4 is 10.5 Å². The lowest BCUT2D eigenvalue weighted by Gasteiger charge is -2.41. The van der Waals surface area contributed by atoms with Gasteiger partial charge in [0.25, 0.3) is 6.43 Å². The van der Waals surface area contributed by atoms with Gasteiger partial charge in [0.2, 0.25) is 0 Å². The molecule has 2 aromatic heterocycles. The third kappa shape index (κ3) is 3.91. The average molecular weight is 475 g/mol. The maximum atomic E-state index is 15.3. The molecule has 180 valence electrons. The molecule has 1 fully saturated rings. The fourth-order valence-corrected chi connectivity index (χ4v) is 4.52. The quantitative estimate of drug-likeness (QED) is 0.534. The van der Waals surface area contributed by atoms with Gasteiger partial charge in [-0.25, -0.2) is 27.8 Å². The lowest BCUT2D eigenvalue weighted by molar-refractivity contribution is 0.0723. The number of nitriles is 1. The van der Waals surface area contributed by atoms with Crippen molar-refractivity contribution < 1.29 is 23.0 Å². The number of halogens is 3. The molecule has 3 N–H and O–H groups in total. The largest absolute Gasteiger partial charge is 0.496 e. The summed E-state index contributed by atoms with van der Waals surface area (Å²) in [5.74, 6) is -0.857. The number of likely N-dealkylation sites (tertiary alicyclic amines) is 1. The molecule has 1 aromatic carbocycles. The fraction of sp³-hybridized carbons (Fsp3) is 0.455. The Morgan fingerprint density at radius 1 is 1.32 bits per heavy atom. The minimum atomic E-state index is -2.92. The Kier molecular flexibility index (Phi) is 6.33. The molecule has 12 heteroatoms. The number of anilines is 1. The summed E-state index contributed by atoms with van der Waals surface area (Å²) < 4.78 is 49.6. The molecule has 1 aliphatic rings. The lowest BCUT2D eigenvalue weighted by atomic mass is 9.86. The van der Waals surface area contributed by atoms with Gasteiger partial charge in [-0.2, -0.15) is 10.4 Å². The predicted molar refractivity (Wildman–Crippen MR) is 117 cm³/mol. The number of nitrogens with two attached hydrogens (primary N) is 1. The minimum absolute atomic E-state index is 0.0566. The molecular weight excluding hydrogens is 451 g/mol. The van der Waals surface area contributed by atoms with Crippen molar-refractivity contribution in [3.05, 3.63) is 40.6 Å². The van der Waals surface area contributed by atoms with Gasteiger partial charge in [0, 0.05) is 36.7 Å². The number of aromatic nitrogens is 4. The SMILES string of the molecule is COc1c(C(C)n2nc(C(F)F)c3c(N)ncnc32)cc(C#N)c(F)c1C1CN(C[C@@H](C)O)C1. The molecule has 1 saturated heterocycles. The topological polar surface area (TPSA) is 126 Å². The molecule has 0 aliphatic carbocycles.